The Morgan fingerprint density at radius 1 is 1.25 bits per heavy atom. The molecular formula is C22H16ClN3O4S2. The van der Waals surface area contributed by atoms with Gasteiger partial charge in [0.1, 0.15) is 11.4 Å². The minimum Gasteiger partial charge on any atom is -0.495 e. The number of amidine groups is 1. The molecule has 0 N–H and O–H groups in total. The Bertz CT molecular complexity index is 1240. The summed E-state index contributed by atoms with van der Waals surface area (Å²) in [5.41, 5.74) is 1.63. The predicted octanol–water partition coefficient (Wildman–Crippen LogP) is 6.00. The van der Waals surface area contributed by atoms with Gasteiger partial charge in [0.15, 0.2) is 5.17 Å². The summed E-state index contributed by atoms with van der Waals surface area (Å²) < 4.78 is 5.21. The smallest absolute Gasteiger partial charge is 0.283 e. The summed E-state index contributed by atoms with van der Waals surface area (Å²) in [4.78, 5) is 30.8. The summed E-state index contributed by atoms with van der Waals surface area (Å²) >= 11 is 9.11. The molecule has 4 rings (SSSR count). The highest BCUT2D eigenvalue weighted by Crippen LogP contribution is 2.35. The molecule has 10 heteroatoms. The number of carbonyl (C=O) groups is 1. The molecule has 0 fully saturated rings. The van der Waals surface area contributed by atoms with Gasteiger partial charge in [-0.2, -0.15) is 0 Å². The number of hydrogen-bond donors (Lipinski definition) is 0. The van der Waals surface area contributed by atoms with Gasteiger partial charge in [-0.25, -0.2) is 4.99 Å². The van der Waals surface area contributed by atoms with Crippen LogP contribution in [-0.2, 0) is 10.5 Å². The van der Waals surface area contributed by atoms with E-state index in [4.69, 9.17) is 16.3 Å². The van der Waals surface area contributed by atoms with E-state index in [0.717, 1.165) is 10.4 Å². The maximum atomic E-state index is 13.2. The van der Waals surface area contributed by atoms with E-state index < -0.39 is 4.92 Å². The topological polar surface area (TPSA) is 85.0 Å². The predicted molar refractivity (Wildman–Crippen MR) is 130 cm³/mol. The van der Waals surface area contributed by atoms with Crippen LogP contribution in [-0.4, -0.2) is 23.1 Å². The fourth-order valence-corrected chi connectivity index (χ4v) is 4.89. The Kier molecular flexibility index (Phi) is 6.59. The number of thioether (sulfide) groups is 1. The van der Waals surface area contributed by atoms with Crippen LogP contribution in [0.4, 0.5) is 11.4 Å². The number of methoxy groups -OCH3 is 1. The Hall–Kier alpha value is -3.14. The second kappa shape index (κ2) is 9.56. The molecule has 2 aromatic carbocycles. The fraction of sp³-hybridized carbons (Fsp3) is 0.0909. The van der Waals surface area contributed by atoms with Crippen LogP contribution in [0.25, 0.3) is 6.08 Å². The summed E-state index contributed by atoms with van der Waals surface area (Å²) in [5, 5.41) is 13.8. The quantitative estimate of drug-likeness (QED) is 0.243. The highest BCUT2D eigenvalue weighted by atomic mass is 35.5. The summed E-state index contributed by atoms with van der Waals surface area (Å²) in [5.74, 6) is 0.626. The van der Waals surface area contributed by atoms with Crippen molar-refractivity contribution < 1.29 is 14.5 Å². The molecule has 0 aliphatic carbocycles. The van der Waals surface area contributed by atoms with Crippen molar-refractivity contribution >= 4 is 63.2 Å². The van der Waals surface area contributed by atoms with Crippen LogP contribution in [0.2, 0.25) is 5.02 Å². The first-order chi connectivity index (χ1) is 15.5. The minimum absolute atomic E-state index is 0.0182. The Morgan fingerprint density at radius 2 is 2.09 bits per heavy atom. The number of non-ortho nitro benzene ring substituents is 1. The van der Waals surface area contributed by atoms with Crippen molar-refractivity contribution in [2.45, 2.75) is 5.75 Å². The van der Waals surface area contributed by atoms with E-state index in [9.17, 15) is 14.9 Å². The first kappa shape index (κ1) is 22.1. The van der Waals surface area contributed by atoms with Gasteiger partial charge in [0, 0.05) is 22.8 Å². The molecule has 32 heavy (non-hydrogen) atoms. The van der Waals surface area contributed by atoms with Gasteiger partial charge in [0.05, 0.1) is 22.7 Å². The van der Waals surface area contributed by atoms with E-state index in [1.165, 1.54) is 47.2 Å². The molecule has 1 aliphatic heterocycles. The average molecular weight is 486 g/mol. The Labute approximate surface area is 197 Å². The fourth-order valence-electron chi connectivity index (χ4n) is 3.03. The lowest BCUT2D eigenvalue weighted by Crippen LogP contribution is -2.30. The molecular weight excluding hydrogens is 470 g/mol. The van der Waals surface area contributed by atoms with E-state index in [2.05, 4.69) is 4.99 Å². The van der Waals surface area contributed by atoms with Gasteiger partial charge < -0.3 is 4.74 Å². The van der Waals surface area contributed by atoms with Crippen molar-refractivity contribution in [2.24, 2.45) is 4.99 Å². The van der Waals surface area contributed by atoms with Crippen molar-refractivity contribution in [3.05, 3.63) is 91.3 Å². The third kappa shape index (κ3) is 4.69. The number of halogens is 1. The standard InChI is InChI=1S/C22H16ClN3O4S2/c1-30-20-8-7-15(11-18(20)23)25-21(27)19(12-17-6-3-9-31-17)24-22(25)32-13-14-4-2-5-16(10-14)26(28)29/h2-12H,13H2,1H3/b19-12+. The molecule has 162 valence electrons. The number of rotatable bonds is 6. The first-order valence-electron chi connectivity index (χ1n) is 9.34. The van der Waals surface area contributed by atoms with E-state index in [0.29, 0.717) is 33.1 Å². The normalized spacial score (nSPS) is 14.7. The maximum Gasteiger partial charge on any atom is 0.283 e. The molecule has 2 heterocycles. The molecule has 0 unspecified atom stereocenters. The van der Waals surface area contributed by atoms with Gasteiger partial charge >= 0.3 is 0 Å². The number of benzene rings is 2. The number of hydrogen-bond acceptors (Lipinski definition) is 7. The van der Waals surface area contributed by atoms with Crippen LogP contribution in [0.1, 0.15) is 10.4 Å². The van der Waals surface area contributed by atoms with Gasteiger partial charge in [-0.1, -0.05) is 41.6 Å². The van der Waals surface area contributed by atoms with Crippen molar-refractivity contribution in [1.82, 2.24) is 0 Å². The van der Waals surface area contributed by atoms with Crippen LogP contribution < -0.4 is 9.64 Å². The molecule has 1 aliphatic rings. The van der Waals surface area contributed by atoms with Crippen LogP contribution >= 0.6 is 34.7 Å². The average Bonchev–Trinajstić information content (AvgIpc) is 3.40. The zero-order valence-corrected chi connectivity index (χ0v) is 19.1. The lowest BCUT2D eigenvalue weighted by Gasteiger charge is -2.18. The lowest BCUT2D eigenvalue weighted by atomic mass is 10.2. The number of anilines is 1. The monoisotopic (exact) mass is 485 g/mol. The van der Waals surface area contributed by atoms with Crippen molar-refractivity contribution in [3.8, 4) is 5.75 Å². The van der Waals surface area contributed by atoms with Gasteiger partial charge in [0.2, 0.25) is 0 Å². The molecule has 1 aromatic heterocycles. The number of thiophene rings is 1. The largest absolute Gasteiger partial charge is 0.495 e. The molecule has 0 spiro atoms. The van der Waals surface area contributed by atoms with Crippen molar-refractivity contribution in [2.75, 3.05) is 12.0 Å². The number of carbonyl (C=O) groups excluding carboxylic acids is 1. The Balaban J connectivity index is 1.66. The van der Waals surface area contributed by atoms with Gasteiger partial charge in [-0.05, 0) is 41.3 Å². The second-order valence-electron chi connectivity index (χ2n) is 6.61. The molecule has 3 aromatic rings. The SMILES string of the molecule is COc1ccc(N2C(=O)/C(=C\c3cccs3)N=C2SCc2cccc([N+](=O)[O-])c2)cc1Cl. The number of aliphatic imine (C=N–C) groups is 1. The number of nitro benzene ring substituents is 1. The van der Waals surface area contributed by atoms with Gasteiger partial charge in [-0.15, -0.1) is 11.3 Å². The zero-order chi connectivity index (χ0) is 22.7. The van der Waals surface area contributed by atoms with E-state index in [1.54, 1.807) is 36.4 Å². The number of nitro groups is 1. The third-order valence-corrected chi connectivity index (χ3v) is 6.66. The van der Waals surface area contributed by atoms with E-state index in [1.807, 2.05) is 17.5 Å². The molecule has 1 amide bonds. The minimum atomic E-state index is -0.432. The molecule has 0 saturated carbocycles. The number of ether oxygens (including phenoxy) is 1. The molecule has 0 radical (unpaired) electrons. The van der Waals surface area contributed by atoms with Crippen LogP contribution in [0.15, 0.2) is 70.7 Å². The summed E-state index contributed by atoms with van der Waals surface area (Å²) in [6.45, 7) is 0. The van der Waals surface area contributed by atoms with E-state index >= 15 is 0 Å². The molecule has 0 atom stereocenters. The molecule has 0 saturated heterocycles. The third-order valence-electron chi connectivity index (χ3n) is 4.53. The second-order valence-corrected chi connectivity index (χ2v) is 8.94. The highest BCUT2D eigenvalue weighted by Gasteiger charge is 2.32. The van der Waals surface area contributed by atoms with Crippen molar-refractivity contribution in [1.29, 1.82) is 0 Å². The van der Waals surface area contributed by atoms with Crippen molar-refractivity contribution in [3.63, 3.8) is 0 Å². The summed E-state index contributed by atoms with van der Waals surface area (Å²) in [7, 11) is 1.52. The molecule has 7 nitrogen and oxygen atoms in total. The Morgan fingerprint density at radius 3 is 2.78 bits per heavy atom. The van der Waals surface area contributed by atoms with Crippen LogP contribution in [0.3, 0.4) is 0 Å². The lowest BCUT2D eigenvalue weighted by molar-refractivity contribution is -0.384. The van der Waals surface area contributed by atoms with Crippen LogP contribution in [0, 0.1) is 10.1 Å². The van der Waals surface area contributed by atoms with Gasteiger partial charge in [-0.3, -0.25) is 19.8 Å². The van der Waals surface area contributed by atoms with Gasteiger partial charge in [0.25, 0.3) is 11.6 Å². The number of amides is 1. The zero-order valence-electron chi connectivity index (χ0n) is 16.7. The van der Waals surface area contributed by atoms with E-state index in [-0.39, 0.29) is 11.6 Å². The number of nitrogens with zero attached hydrogens (tertiary/aromatic N) is 3. The maximum absolute atomic E-state index is 13.2. The van der Waals surface area contributed by atoms with Crippen LogP contribution in [0.5, 0.6) is 5.75 Å². The first-order valence-corrected chi connectivity index (χ1v) is 11.6. The molecule has 0 bridgehead atoms. The summed E-state index contributed by atoms with van der Waals surface area (Å²) in [6.07, 6.45) is 1.74. The highest BCUT2D eigenvalue weighted by molar-refractivity contribution is 8.13. The summed E-state index contributed by atoms with van der Waals surface area (Å²) in [6, 6.07) is 15.3.